The molecule has 0 aromatic carbocycles. The fraction of sp³-hybridized carbons (Fsp3) is 0.571. The Bertz CT molecular complexity index is 213. The highest BCUT2D eigenvalue weighted by atomic mass is 17.2. The van der Waals surface area contributed by atoms with E-state index < -0.39 is 18.5 Å². The zero-order chi connectivity index (χ0) is 10.3. The first-order valence-electron chi connectivity index (χ1n) is 3.71. The number of ketones is 1. The smallest absolute Gasteiger partial charge is 0.319 e. The molecule has 0 radical (unpaired) electrons. The quantitative estimate of drug-likeness (QED) is 0.388. The average Bonchev–Trinajstić information content (AvgIpc) is 2.00. The van der Waals surface area contributed by atoms with Crippen LogP contribution in [0.15, 0.2) is 0 Å². The minimum absolute atomic E-state index is 0.357. The molecule has 0 aliphatic heterocycles. The number of hydrogen-bond acceptors (Lipinski definition) is 5. The summed E-state index contributed by atoms with van der Waals surface area (Å²) in [6, 6.07) is 0. The lowest BCUT2D eigenvalue weighted by molar-refractivity contribution is -0.231. The van der Waals surface area contributed by atoms with Gasteiger partial charge in [0.15, 0.2) is 0 Å². The van der Waals surface area contributed by atoms with E-state index in [2.05, 4.69) is 15.1 Å². The lowest BCUT2D eigenvalue weighted by Crippen LogP contribution is -2.25. The van der Waals surface area contributed by atoms with Crippen molar-refractivity contribution in [3.63, 3.8) is 0 Å². The van der Waals surface area contributed by atoms with Gasteiger partial charge in [-0.15, -0.1) is 0 Å². The van der Waals surface area contributed by atoms with Crippen molar-refractivity contribution < 1.29 is 24.2 Å². The second-order valence-corrected chi connectivity index (χ2v) is 2.24. The Morgan fingerprint density at radius 2 is 1.85 bits per heavy atom. The number of carbonyl (C=O) groups excluding carboxylic acids is 3. The molecule has 0 saturated heterocycles. The minimum atomic E-state index is -0.890. The number of hydrogen-bond donors (Lipinski definition) is 1. The minimum Gasteiger partial charge on any atom is -0.319 e. The van der Waals surface area contributed by atoms with E-state index in [1.807, 2.05) is 0 Å². The Morgan fingerprint density at radius 3 is 2.31 bits per heavy atom. The maximum Gasteiger partial charge on any atom is 0.450 e. The monoisotopic (exact) mass is 189 g/mol. The Kier molecular flexibility index (Phi) is 5.25. The molecule has 74 valence electrons. The van der Waals surface area contributed by atoms with Crippen molar-refractivity contribution in [1.29, 1.82) is 0 Å². The second kappa shape index (κ2) is 5.99. The van der Waals surface area contributed by atoms with E-state index in [-0.39, 0.29) is 5.78 Å². The number of carbonyl (C=O) groups is 3. The number of amides is 1. The molecule has 13 heavy (non-hydrogen) atoms. The van der Waals surface area contributed by atoms with Crippen LogP contribution in [0.4, 0.5) is 4.79 Å². The zero-order valence-electron chi connectivity index (χ0n) is 7.46. The highest BCUT2D eigenvalue weighted by Crippen LogP contribution is 1.89. The fourth-order valence-electron chi connectivity index (χ4n) is 0.491. The van der Waals surface area contributed by atoms with Gasteiger partial charge in [-0.25, -0.2) is 19.4 Å². The molecule has 0 aromatic rings. The van der Waals surface area contributed by atoms with E-state index in [4.69, 9.17) is 0 Å². The lowest BCUT2D eigenvalue weighted by Gasteiger charge is -2.01. The summed E-state index contributed by atoms with van der Waals surface area (Å²) in [7, 11) is 0. The van der Waals surface area contributed by atoms with E-state index in [1.54, 1.807) is 6.92 Å². The van der Waals surface area contributed by atoms with Crippen LogP contribution in [0.2, 0.25) is 0 Å². The van der Waals surface area contributed by atoms with Crippen LogP contribution in [-0.2, 0) is 19.4 Å². The van der Waals surface area contributed by atoms with E-state index in [1.165, 1.54) is 6.92 Å². The van der Waals surface area contributed by atoms with Gasteiger partial charge in [0.1, 0.15) is 12.2 Å². The molecule has 6 heteroatoms. The highest BCUT2D eigenvalue weighted by molar-refractivity contribution is 5.94. The van der Waals surface area contributed by atoms with Gasteiger partial charge in [0, 0.05) is 6.54 Å². The topological polar surface area (TPSA) is 81.7 Å². The number of nitrogens with one attached hydrogen (secondary N) is 1. The largest absolute Gasteiger partial charge is 0.450 e. The van der Waals surface area contributed by atoms with Crippen molar-refractivity contribution in [3.05, 3.63) is 0 Å². The third kappa shape index (κ3) is 6.79. The van der Waals surface area contributed by atoms with E-state index in [0.29, 0.717) is 6.54 Å². The van der Waals surface area contributed by atoms with Gasteiger partial charge in [0.2, 0.25) is 0 Å². The summed E-state index contributed by atoms with van der Waals surface area (Å²) in [5.41, 5.74) is 0. The summed E-state index contributed by atoms with van der Waals surface area (Å²) in [6.45, 7) is 3.27. The summed E-state index contributed by atoms with van der Waals surface area (Å²) in [5.74, 6) is -1.25. The predicted octanol–water partition coefficient (Wildman–Crippen LogP) is 0.170. The molecule has 0 heterocycles. The summed E-state index contributed by atoms with van der Waals surface area (Å²) in [5, 5.41) is 2.23. The molecule has 1 N–H and O–H groups in total. The molecule has 0 spiro atoms. The van der Waals surface area contributed by atoms with Crippen LogP contribution in [0.1, 0.15) is 20.3 Å². The zero-order valence-corrected chi connectivity index (χ0v) is 7.46. The van der Waals surface area contributed by atoms with E-state index in [0.717, 1.165) is 0 Å². The lowest BCUT2D eigenvalue weighted by atomic mass is 10.3. The molecule has 0 atom stereocenters. The van der Waals surface area contributed by atoms with Crippen molar-refractivity contribution in [3.8, 4) is 0 Å². The van der Waals surface area contributed by atoms with Crippen LogP contribution < -0.4 is 5.32 Å². The molecule has 0 bridgehead atoms. The summed E-state index contributed by atoms with van der Waals surface area (Å²) in [6.07, 6.45) is -1.27. The maximum atomic E-state index is 10.6. The van der Waals surface area contributed by atoms with E-state index >= 15 is 0 Å². The van der Waals surface area contributed by atoms with Crippen molar-refractivity contribution in [2.75, 3.05) is 6.54 Å². The van der Waals surface area contributed by atoms with Gasteiger partial charge in [-0.1, -0.05) is 0 Å². The molecule has 6 nitrogen and oxygen atoms in total. The van der Waals surface area contributed by atoms with Gasteiger partial charge in [-0.3, -0.25) is 4.79 Å². The normalized spacial score (nSPS) is 8.77. The first kappa shape index (κ1) is 11.4. The maximum absolute atomic E-state index is 10.6. The van der Waals surface area contributed by atoms with E-state index in [9.17, 15) is 14.4 Å². The SMILES string of the molecule is CCNC(=O)OOC(=O)CC(C)=O. The first-order valence-corrected chi connectivity index (χ1v) is 3.71. The molecular weight excluding hydrogens is 178 g/mol. The average molecular weight is 189 g/mol. The predicted molar refractivity (Wildman–Crippen MR) is 41.5 cm³/mol. The summed E-state index contributed by atoms with van der Waals surface area (Å²) >= 11 is 0. The van der Waals surface area contributed by atoms with Crippen molar-refractivity contribution in [2.24, 2.45) is 0 Å². The standard InChI is InChI=1S/C7H11NO5/c1-3-8-7(11)13-12-6(10)4-5(2)9/h3-4H2,1-2H3,(H,8,11). The number of Topliss-reactive ketones (excluding diaryl/α,β-unsaturated/α-hetero) is 1. The molecule has 0 rings (SSSR count). The highest BCUT2D eigenvalue weighted by Gasteiger charge is 2.10. The molecule has 0 saturated carbocycles. The van der Waals surface area contributed by atoms with Gasteiger partial charge < -0.3 is 5.32 Å². The van der Waals surface area contributed by atoms with Crippen LogP contribution in [0.25, 0.3) is 0 Å². The van der Waals surface area contributed by atoms with Crippen LogP contribution in [0.3, 0.4) is 0 Å². The fourth-order valence-corrected chi connectivity index (χ4v) is 0.491. The Hall–Kier alpha value is -1.59. The third-order valence-corrected chi connectivity index (χ3v) is 0.925. The summed E-state index contributed by atoms with van der Waals surface area (Å²) < 4.78 is 0. The molecule has 0 aliphatic rings. The van der Waals surface area contributed by atoms with Gasteiger partial charge in [0.05, 0.1) is 0 Å². The van der Waals surface area contributed by atoms with Crippen molar-refractivity contribution in [2.45, 2.75) is 20.3 Å². The number of rotatable bonds is 3. The Balaban J connectivity index is 3.58. The second-order valence-electron chi connectivity index (χ2n) is 2.24. The van der Waals surface area contributed by atoms with Gasteiger partial charge in [-0.05, 0) is 13.8 Å². The third-order valence-electron chi connectivity index (χ3n) is 0.925. The van der Waals surface area contributed by atoms with Gasteiger partial charge in [0.25, 0.3) is 0 Å². The Morgan fingerprint density at radius 1 is 1.23 bits per heavy atom. The van der Waals surface area contributed by atoms with Gasteiger partial charge >= 0.3 is 12.1 Å². The molecule has 0 aromatic heterocycles. The van der Waals surface area contributed by atoms with Crippen molar-refractivity contribution in [1.82, 2.24) is 5.32 Å². The summed E-state index contributed by atoms with van der Waals surface area (Å²) in [4.78, 5) is 39.5. The molecule has 0 unspecified atom stereocenters. The molecule has 1 amide bonds. The Labute approximate surface area is 75.1 Å². The molecular formula is C7H11NO5. The van der Waals surface area contributed by atoms with Crippen LogP contribution >= 0.6 is 0 Å². The molecule has 0 fully saturated rings. The van der Waals surface area contributed by atoms with Crippen molar-refractivity contribution >= 4 is 17.8 Å². The van der Waals surface area contributed by atoms with Crippen LogP contribution in [-0.4, -0.2) is 24.4 Å². The molecule has 0 aliphatic carbocycles. The van der Waals surface area contributed by atoms with Crippen LogP contribution in [0, 0.1) is 0 Å². The van der Waals surface area contributed by atoms with Gasteiger partial charge in [-0.2, -0.15) is 0 Å². The first-order chi connectivity index (χ1) is 6.06. The van der Waals surface area contributed by atoms with Crippen LogP contribution in [0.5, 0.6) is 0 Å².